The van der Waals surface area contributed by atoms with Gasteiger partial charge in [0.15, 0.2) is 0 Å². The maximum absolute atomic E-state index is 11.4. The number of carbonyl (C=O) groups excluding carboxylic acids is 1. The van der Waals surface area contributed by atoms with Crippen molar-refractivity contribution in [3.8, 4) is 0 Å². The Bertz CT molecular complexity index is 674. The zero-order valence-electron chi connectivity index (χ0n) is 17.2. The fourth-order valence-corrected chi connectivity index (χ4v) is 7.75. The predicted molar refractivity (Wildman–Crippen MR) is 104 cm³/mol. The summed E-state index contributed by atoms with van der Waals surface area (Å²) in [5, 5.41) is 11.3. The second-order valence-corrected chi connectivity index (χ2v) is 10.1. The van der Waals surface area contributed by atoms with E-state index in [9.17, 15) is 9.90 Å². The fraction of sp³-hybridized carbons (Fsp3) is 0.870. The highest BCUT2D eigenvalue weighted by atomic mass is 16.5. The summed E-state index contributed by atoms with van der Waals surface area (Å²) in [4.78, 5) is 11.4. The van der Waals surface area contributed by atoms with Crippen LogP contribution in [0.4, 0.5) is 0 Å². The number of carbonyl (C=O) groups is 1. The van der Waals surface area contributed by atoms with Gasteiger partial charge in [0.05, 0.1) is 32.0 Å². The Morgan fingerprint density at radius 3 is 2.86 bits per heavy atom. The average molecular weight is 391 g/mol. The molecule has 5 nitrogen and oxygen atoms in total. The SMILES string of the molecule is CC(=O)O[C@@H]1CC[C@@]2(C)C(=C[C@H](O)[C@H]3[C@@H]4CCC5OCCOC[C@@]54CC[C@@H]32)C1. The molecule has 156 valence electrons. The Labute approximate surface area is 167 Å². The highest BCUT2D eigenvalue weighted by Crippen LogP contribution is 2.65. The summed E-state index contributed by atoms with van der Waals surface area (Å²) in [5.41, 5.74) is 1.53. The lowest BCUT2D eigenvalue weighted by molar-refractivity contribution is -0.151. The third-order valence-corrected chi connectivity index (χ3v) is 8.97. The van der Waals surface area contributed by atoms with Crippen molar-refractivity contribution >= 4 is 5.97 Å². The van der Waals surface area contributed by atoms with E-state index in [1.165, 1.54) is 12.5 Å². The largest absolute Gasteiger partial charge is 0.462 e. The summed E-state index contributed by atoms with van der Waals surface area (Å²) < 4.78 is 17.7. The summed E-state index contributed by atoms with van der Waals surface area (Å²) in [6, 6.07) is 0. The molecule has 4 fully saturated rings. The first kappa shape index (κ1) is 19.1. The van der Waals surface area contributed by atoms with Crippen LogP contribution in [0.1, 0.15) is 58.8 Å². The van der Waals surface area contributed by atoms with Gasteiger partial charge in [-0.3, -0.25) is 4.79 Å². The van der Waals surface area contributed by atoms with Crippen molar-refractivity contribution in [3.63, 3.8) is 0 Å². The van der Waals surface area contributed by atoms with Crippen LogP contribution >= 0.6 is 0 Å². The summed E-state index contributed by atoms with van der Waals surface area (Å²) in [6.45, 7) is 6.08. The molecule has 1 aliphatic heterocycles. The molecule has 5 aliphatic rings. The molecule has 5 rings (SSSR count). The van der Waals surface area contributed by atoms with Gasteiger partial charge in [0.25, 0.3) is 0 Å². The van der Waals surface area contributed by atoms with Crippen LogP contribution in [0.25, 0.3) is 0 Å². The van der Waals surface area contributed by atoms with Crippen molar-refractivity contribution in [3.05, 3.63) is 11.6 Å². The zero-order valence-corrected chi connectivity index (χ0v) is 17.2. The van der Waals surface area contributed by atoms with E-state index >= 15 is 0 Å². The van der Waals surface area contributed by atoms with Crippen molar-refractivity contribution in [1.29, 1.82) is 0 Å². The van der Waals surface area contributed by atoms with Gasteiger partial charge >= 0.3 is 5.97 Å². The molecule has 0 aromatic heterocycles. The smallest absolute Gasteiger partial charge is 0.302 e. The number of aliphatic hydroxyl groups is 1. The molecule has 1 heterocycles. The molecule has 1 N–H and O–H groups in total. The first-order valence-corrected chi connectivity index (χ1v) is 11.2. The van der Waals surface area contributed by atoms with Gasteiger partial charge in [0, 0.05) is 18.8 Å². The van der Waals surface area contributed by atoms with E-state index in [0.717, 1.165) is 51.6 Å². The van der Waals surface area contributed by atoms with E-state index in [1.54, 1.807) is 0 Å². The van der Waals surface area contributed by atoms with Crippen LogP contribution in [0.3, 0.4) is 0 Å². The average Bonchev–Trinajstić information content (AvgIpc) is 2.89. The lowest BCUT2D eigenvalue weighted by Crippen LogP contribution is -2.57. The molecule has 1 spiro atoms. The number of aliphatic hydroxyl groups excluding tert-OH is 1. The minimum absolute atomic E-state index is 0.0324. The Kier molecular flexibility index (Phi) is 4.64. The minimum Gasteiger partial charge on any atom is -0.462 e. The number of hydrogen-bond acceptors (Lipinski definition) is 5. The van der Waals surface area contributed by atoms with Gasteiger partial charge in [-0.15, -0.1) is 0 Å². The number of fused-ring (bicyclic) bond motifs is 4. The van der Waals surface area contributed by atoms with Crippen molar-refractivity contribution < 1.29 is 24.1 Å². The van der Waals surface area contributed by atoms with Crippen LogP contribution < -0.4 is 0 Å². The molecular weight excluding hydrogens is 356 g/mol. The van der Waals surface area contributed by atoms with E-state index in [1.807, 2.05) is 0 Å². The highest BCUT2D eigenvalue weighted by Gasteiger charge is 2.63. The molecule has 0 radical (unpaired) electrons. The van der Waals surface area contributed by atoms with Crippen LogP contribution in [-0.4, -0.2) is 49.2 Å². The van der Waals surface area contributed by atoms with E-state index in [2.05, 4.69) is 13.0 Å². The van der Waals surface area contributed by atoms with Gasteiger partial charge in [-0.1, -0.05) is 18.6 Å². The normalized spacial score (nSPS) is 50.3. The molecule has 3 saturated carbocycles. The third kappa shape index (κ3) is 2.73. The molecule has 8 atom stereocenters. The lowest BCUT2D eigenvalue weighted by Gasteiger charge is -2.59. The number of esters is 1. The Hall–Kier alpha value is -0.910. The zero-order chi connectivity index (χ0) is 19.5. The van der Waals surface area contributed by atoms with Crippen molar-refractivity contribution in [2.45, 2.75) is 77.1 Å². The predicted octanol–water partition coefficient (Wildman–Crippen LogP) is 3.25. The highest BCUT2D eigenvalue weighted by molar-refractivity contribution is 5.66. The van der Waals surface area contributed by atoms with Crippen LogP contribution in [0.15, 0.2) is 11.6 Å². The number of rotatable bonds is 1. The summed E-state index contributed by atoms with van der Waals surface area (Å²) in [7, 11) is 0. The van der Waals surface area contributed by atoms with Crippen molar-refractivity contribution in [1.82, 2.24) is 0 Å². The van der Waals surface area contributed by atoms with Gasteiger partial charge < -0.3 is 19.3 Å². The van der Waals surface area contributed by atoms with Gasteiger partial charge in [-0.05, 0) is 61.7 Å². The first-order valence-electron chi connectivity index (χ1n) is 11.2. The van der Waals surface area contributed by atoms with E-state index in [4.69, 9.17) is 14.2 Å². The Morgan fingerprint density at radius 2 is 2.04 bits per heavy atom. The van der Waals surface area contributed by atoms with E-state index < -0.39 is 6.10 Å². The van der Waals surface area contributed by atoms with Gasteiger partial charge in [0.1, 0.15) is 6.10 Å². The standard InChI is InChI=1S/C23H34O5/c1-14(24)28-16-5-7-22(2)15(11-16)12-19(25)21-17(22)6-8-23-13-26-9-10-27-20(23)4-3-18(21)23/h12,16-21,25H,3-11,13H2,1-2H3/t16-,17+,18+,19+,20?,21-,22+,23-/m1/s1. The van der Waals surface area contributed by atoms with Gasteiger partial charge in [-0.2, -0.15) is 0 Å². The Balaban J connectivity index is 1.45. The molecule has 0 aromatic carbocycles. The van der Waals surface area contributed by atoms with E-state index in [-0.39, 0.29) is 22.9 Å². The molecule has 28 heavy (non-hydrogen) atoms. The quantitative estimate of drug-likeness (QED) is 0.550. The molecule has 0 amide bonds. The van der Waals surface area contributed by atoms with Gasteiger partial charge in [-0.25, -0.2) is 0 Å². The van der Waals surface area contributed by atoms with Crippen LogP contribution in [0.5, 0.6) is 0 Å². The van der Waals surface area contributed by atoms with Crippen LogP contribution in [-0.2, 0) is 19.0 Å². The van der Waals surface area contributed by atoms with Crippen LogP contribution in [0.2, 0.25) is 0 Å². The number of hydrogen-bond donors (Lipinski definition) is 1. The minimum atomic E-state index is -0.409. The third-order valence-electron chi connectivity index (χ3n) is 8.97. The molecule has 0 aromatic rings. The summed E-state index contributed by atoms with van der Waals surface area (Å²) in [5.74, 6) is 1.07. The van der Waals surface area contributed by atoms with Crippen molar-refractivity contribution in [2.24, 2.45) is 28.6 Å². The fourth-order valence-electron chi connectivity index (χ4n) is 7.75. The summed E-state index contributed by atoms with van der Waals surface area (Å²) in [6.07, 6.45) is 9.25. The second kappa shape index (κ2) is 6.82. The molecule has 1 unspecified atom stereocenters. The molecule has 5 heteroatoms. The number of ether oxygens (including phenoxy) is 3. The van der Waals surface area contributed by atoms with Crippen molar-refractivity contribution in [2.75, 3.05) is 19.8 Å². The lowest BCUT2D eigenvalue weighted by atomic mass is 9.47. The molecular formula is C23H34O5. The molecule has 0 bridgehead atoms. The monoisotopic (exact) mass is 390 g/mol. The molecule has 1 saturated heterocycles. The maximum Gasteiger partial charge on any atom is 0.302 e. The second-order valence-electron chi connectivity index (χ2n) is 10.1. The Morgan fingerprint density at radius 1 is 1.18 bits per heavy atom. The van der Waals surface area contributed by atoms with E-state index in [0.29, 0.717) is 37.1 Å². The van der Waals surface area contributed by atoms with Crippen LogP contribution in [0, 0.1) is 28.6 Å². The topological polar surface area (TPSA) is 65.0 Å². The van der Waals surface area contributed by atoms with Gasteiger partial charge in [0.2, 0.25) is 0 Å². The first-order chi connectivity index (χ1) is 13.4. The maximum atomic E-state index is 11.4. The summed E-state index contributed by atoms with van der Waals surface area (Å²) >= 11 is 0. The molecule has 4 aliphatic carbocycles.